The van der Waals surface area contributed by atoms with Gasteiger partial charge in [0, 0.05) is 42.2 Å². The molecule has 1 atom stereocenters. The molecule has 6 nitrogen and oxygen atoms in total. The number of carbonyl (C=O) groups is 1. The van der Waals surface area contributed by atoms with Crippen molar-refractivity contribution in [2.45, 2.75) is 45.1 Å². The molecule has 0 spiro atoms. The van der Waals surface area contributed by atoms with E-state index in [4.69, 9.17) is 4.74 Å². The predicted octanol–water partition coefficient (Wildman–Crippen LogP) is 4.23. The molecule has 1 fully saturated rings. The number of aromatic amines is 1. The first-order chi connectivity index (χ1) is 12.4. The van der Waals surface area contributed by atoms with Crippen LogP contribution in [0.15, 0.2) is 30.7 Å². The van der Waals surface area contributed by atoms with Crippen LogP contribution in [0.5, 0.6) is 0 Å². The summed E-state index contributed by atoms with van der Waals surface area (Å²) in [5.41, 5.74) is 2.53. The zero-order valence-electron chi connectivity index (χ0n) is 15.5. The molecule has 0 bridgehead atoms. The van der Waals surface area contributed by atoms with Crippen LogP contribution in [0.25, 0.3) is 21.9 Å². The van der Waals surface area contributed by atoms with E-state index in [1.165, 1.54) is 5.56 Å². The summed E-state index contributed by atoms with van der Waals surface area (Å²) >= 11 is 0. The van der Waals surface area contributed by atoms with E-state index in [1.807, 2.05) is 44.1 Å². The summed E-state index contributed by atoms with van der Waals surface area (Å²) in [6.45, 7) is 7.13. The average molecular weight is 352 g/mol. The molecular weight excluding hydrogens is 328 g/mol. The molecule has 1 N–H and O–H groups in total. The van der Waals surface area contributed by atoms with E-state index in [0.717, 1.165) is 41.3 Å². The molecule has 1 aliphatic rings. The van der Waals surface area contributed by atoms with Gasteiger partial charge < -0.3 is 14.6 Å². The fraction of sp³-hybridized carbons (Fsp3) is 0.450. The van der Waals surface area contributed by atoms with Crippen molar-refractivity contribution in [1.82, 2.24) is 19.9 Å². The van der Waals surface area contributed by atoms with E-state index in [0.29, 0.717) is 6.54 Å². The molecule has 0 radical (unpaired) electrons. The van der Waals surface area contributed by atoms with Gasteiger partial charge in [-0.25, -0.2) is 14.8 Å². The Bertz CT molecular complexity index is 957. The number of fused-ring (bicyclic) bond motifs is 3. The monoisotopic (exact) mass is 352 g/mol. The molecule has 1 amide bonds. The van der Waals surface area contributed by atoms with Gasteiger partial charge in [0.15, 0.2) is 5.65 Å². The number of hydrogen-bond donors (Lipinski definition) is 1. The van der Waals surface area contributed by atoms with E-state index in [1.54, 1.807) is 6.20 Å². The van der Waals surface area contributed by atoms with Crippen molar-refractivity contribution in [3.8, 4) is 0 Å². The maximum absolute atomic E-state index is 12.5. The Labute approximate surface area is 152 Å². The summed E-state index contributed by atoms with van der Waals surface area (Å²) in [6.07, 6.45) is 7.38. The molecule has 26 heavy (non-hydrogen) atoms. The number of carbonyl (C=O) groups excluding carboxylic acids is 1. The molecule has 4 heterocycles. The minimum atomic E-state index is -0.475. The van der Waals surface area contributed by atoms with E-state index >= 15 is 0 Å². The largest absolute Gasteiger partial charge is 0.444 e. The lowest BCUT2D eigenvalue weighted by Gasteiger charge is -2.34. The number of likely N-dealkylation sites (tertiary alicyclic amines) is 1. The second kappa shape index (κ2) is 6.27. The van der Waals surface area contributed by atoms with Crippen LogP contribution < -0.4 is 0 Å². The lowest BCUT2D eigenvalue weighted by molar-refractivity contribution is 0.0198. The molecule has 0 aromatic carbocycles. The van der Waals surface area contributed by atoms with Crippen LogP contribution >= 0.6 is 0 Å². The van der Waals surface area contributed by atoms with Crippen molar-refractivity contribution >= 4 is 28.0 Å². The van der Waals surface area contributed by atoms with Gasteiger partial charge in [-0.3, -0.25) is 0 Å². The average Bonchev–Trinajstić information content (AvgIpc) is 3.09. The summed E-state index contributed by atoms with van der Waals surface area (Å²) in [4.78, 5) is 26.4. The van der Waals surface area contributed by atoms with Gasteiger partial charge in [0.05, 0.1) is 11.7 Å². The zero-order valence-corrected chi connectivity index (χ0v) is 15.5. The van der Waals surface area contributed by atoms with Crippen LogP contribution in [0, 0.1) is 0 Å². The standard InChI is InChI=1S/C20H24N4O2/c1-20(2,3)26-19(25)24-10-4-5-13(12-24)14-6-8-21-16-11-23-18-15(17(14)16)7-9-22-18/h6-9,11,13,21H,4-5,10,12H2,1-3H3. The molecule has 0 aliphatic carbocycles. The van der Waals surface area contributed by atoms with Crippen LogP contribution in [-0.4, -0.2) is 44.6 Å². The third-order valence-corrected chi connectivity index (χ3v) is 4.84. The topological polar surface area (TPSA) is 71.1 Å². The number of H-pyrrole nitrogens is 1. The normalized spacial score (nSPS) is 18.4. The van der Waals surface area contributed by atoms with Gasteiger partial charge in [-0.2, -0.15) is 0 Å². The van der Waals surface area contributed by atoms with Crippen LogP contribution in [0.4, 0.5) is 4.79 Å². The highest BCUT2D eigenvalue weighted by molar-refractivity contribution is 6.05. The summed E-state index contributed by atoms with van der Waals surface area (Å²) in [5.74, 6) is 0.272. The first kappa shape index (κ1) is 16.8. The minimum absolute atomic E-state index is 0.226. The number of ether oxygens (including phenoxy) is 1. The fourth-order valence-electron chi connectivity index (χ4n) is 3.75. The number of piperidine rings is 1. The SMILES string of the molecule is CC(C)(C)OC(=O)N1CCCC(c2cc[nH]c3cnc4nccc4c23)C1. The first-order valence-corrected chi connectivity index (χ1v) is 9.11. The van der Waals surface area contributed by atoms with Crippen LogP contribution in [0.1, 0.15) is 45.1 Å². The highest BCUT2D eigenvalue weighted by Crippen LogP contribution is 2.34. The molecule has 3 aromatic heterocycles. The van der Waals surface area contributed by atoms with Gasteiger partial charge in [-0.05, 0) is 51.3 Å². The van der Waals surface area contributed by atoms with E-state index in [9.17, 15) is 4.79 Å². The van der Waals surface area contributed by atoms with Gasteiger partial charge in [0.2, 0.25) is 0 Å². The van der Waals surface area contributed by atoms with Gasteiger partial charge >= 0.3 is 6.09 Å². The Morgan fingerprint density at radius 1 is 1.31 bits per heavy atom. The molecule has 4 rings (SSSR count). The van der Waals surface area contributed by atoms with Crippen molar-refractivity contribution in [1.29, 1.82) is 0 Å². The number of pyridine rings is 2. The molecule has 0 saturated carbocycles. The Morgan fingerprint density at radius 2 is 2.15 bits per heavy atom. The van der Waals surface area contributed by atoms with Crippen molar-refractivity contribution in [2.24, 2.45) is 0 Å². The summed E-state index contributed by atoms with van der Waals surface area (Å²) in [5, 5.41) is 2.22. The highest BCUT2D eigenvalue weighted by atomic mass is 16.6. The summed E-state index contributed by atoms with van der Waals surface area (Å²) in [6, 6.07) is 4.13. The number of hydrogen-bond acceptors (Lipinski definition) is 4. The maximum atomic E-state index is 12.5. The Morgan fingerprint density at radius 3 is 2.96 bits per heavy atom. The molecule has 136 valence electrons. The molecule has 1 aliphatic heterocycles. The molecular formula is C20H24N4O2. The van der Waals surface area contributed by atoms with Crippen LogP contribution in [0.2, 0.25) is 0 Å². The predicted molar refractivity (Wildman–Crippen MR) is 101 cm³/mol. The third-order valence-electron chi connectivity index (χ3n) is 4.84. The van der Waals surface area contributed by atoms with Gasteiger partial charge in [0.25, 0.3) is 0 Å². The second-order valence-corrected chi connectivity index (χ2v) is 7.93. The summed E-state index contributed by atoms with van der Waals surface area (Å²) < 4.78 is 5.57. The maximum Gasteiger partial charge on any atom is 0.410 e. The molecule has 1 saturated heterocycles. The zero-order chi connectivity index (χ0) is 18.3. The van der Waals surface area contributed by atoms with Crippen molar-refractivity contribution in [2.75, 3.05) is 13.1 Å². The third kappa shape index (κ3) is 3.11. The fourth-order valence-corrected chi connectivity index (χ4v) is 3.75. The number of rotatable bonds is 1. The van der Waals surface area contributed by atoms with E-state index in [-0.39, 0.29) is 12.0 Å². The molecule has 1 unspecified atom stereocenters. The minimum Gasteiger partial charge on any atom is -0.444 e. The first-order valence-electron chi connectivity index (χ1n) is 9.11. The van der Waals surface area contributed by atoms with Crippen molar-refractivity contribution in [3.05, 3.63) is 36.3 Å². The Kier molecular flexibility index (Phi) is 4.05. The smallest absolute Gasteiger partial charge is 0.410 e. The van der Waals surface area contributed by atoms with Crippen LogP contribution in [0.3, 0.4) is 0 Å². The lowest BCUT2D eigenvalue weighted by Crippen LogP contribution is -2.42. The highest BCUT2D eigenvalue weighted by Gasteiger charge is 2.29. The molecule has 6 heteroatoms. The van der Waals surface area contributed by atoms with Crippen LogP contribution in [-0.2, 0) is 4.74 Å². The lowest BCUT2D eigenvalue weighted by atomic mass is 9.88. The van der Waals surface area contributed by atoms with Crippen molar-refractivity contribution in [3.63, 3.8) is 0 Å². The summed E-state index contributed by atoms with van der Waals surface area (Å²) in [7, 11) is 0. The van der Waals surface area contributed by atoms with Gasteiger partial charge in [-0.15, -0.1) is 0 Å². The number of amides is 1. The van der Waals surface area contributed by atoms with E-state index in [2.05, 4.69) is 21.0 Å². The molecule has 3 aromatic rings. The number of aromatic nitrogens is 3. The quantitative estimate of drug-likeness (QED) is 0.711. The van der Waals surface area contributed by atoms with Gasteiger partial charge in [-0.1, -0.05) is 0 Å². The van der Waals surface area contributed by atoms with E-state index < -0.39 is 5.60 Å². The Hall–Kier alpha value is -2.63. The second-order valence-electron chi connectivity index (χ2n) is 7.93. The Balaban J connectivity index is 1.69. The van der Waals surface area contributed by atoms with Gasteiger partial charge in [0.1, 0.15) is 5.60 Å². The number of nitrogens with one attached hydrogen (secondary N) is 1. The van der Waals surface area contributed by atoms with Crippen molar-refractivity contribution < 1.29 is 9.53 Å². The number of nitrogens with zero attached hydrogens (tertiary/aromatic N) is 3.